The Bertz CT molecular complexity index is 749. The van der Waals surface area contributed by atoms with E-state index in [1.54, 1.807) is 32.2 Å². The van der Waals surface area contributed by atoms with Crippen LogP contribution in [0.4, 0.5) is 0 Å². The lowest BCUT2D eigenvalue weighted by Gasteiger charge is -2.03. The number of phenols is 1. The number of aryl methyl sites for hydroxylation is 2. The van der Waals surface area contributed by atoms with Crippen LogP contribution < -0.4 is 4.74 Å². The maximum absolute atomic E-state index is 11.0. The Kier molecular flexibility index (Phi) is 20.0. The molecule has 0 radical (unpaired) electrons. The summed E-state index contributed by atoms with van der Waals surface area (Å²) in [5, 5.41) is 24.3. The summed E-state index contributed by atoms with van der Waals surface area (Å²) in [6.45, 7) is 8.09. The average Bonchev–Trinajstić information content (AvgIpc) is 2.53. The molecule has 0 fully saturated rings. The lowest BCUT2D eigenvalue weighted by atomic mass is 9.99. The summed E-state index contributed by atoms with van der Waals surface area (Å²) in [6.07, 6.45) is 0. The van der Waals surface area contributed by atoms with Crippen LogP contribution in [0.5, 0.6) is 11.5 Å². The number of methoxy groups -OCH3 is 1. The van der Waals surface area contributed by atoms with Crippen molar-refractivity contribution in [3.8, 4) is 11.5 Å². The predicted molar refractivity (Wildman–Crippen MR) is 127 cm³/mol. The van der Waals surface area contributed by atoms with E-state index in [-0.39, 0.29) is 39.6 Å². The van der Waals surface area contributed by atoms with Gasteiger partial charge in [0.1, 0.15) is 11.5 Å². The summed E-state index contributed by atoms with van der Waals surface area (Å²) in [5.41, 5.74) is 3.20. The van der Waals surface area contributed by atoms with Gasteiger partial charge in [0.05, 0.1) is 7.11 Å². The number of ether oxygens (including phenoxy) is 1. The van der Waals surface area contributed by atoms with E-state index < -0.39 is 7.12 Å². The van der Waals surface area contributed by atoms with Gasteiger partial charge in [0.2, 0.25) is 0 Å². The largest absolute Gasteiger partial charge is 0.508 e. The fourth-order valence-electron chi connectivity index (χ4n) is 2.04. The number of hydrogen-bond acceptors (Lipinski definition) is 6. The third-order valence-electron chi connectivity index (χ3n) is 3.16. The molecule has 0 atom stereocenters. The lowest BCUT2D eigenvalue weighted by Crippen LogP contribution is -2.00. The highest BCUT2D eigenvalue weighted by molar-refractivity contribution is 6.38. The zero-order valence-electron chi connectivity index (χ0n) is 16.6. The zero-order chi connectivity index (χ0) is 21.1. The van der Waals surface area contributed by atoms with Crippen molar-refractivity contribution in [2.24, 2.45) is 0 Å². The Morgan fingerprint density at radius 3 is 1.50 bits per heavy atom. The van der Waals surface area contributed by atoms with Crippen LogP contribution in [-0.2, 0) is 0 Å². The van der Waals surface area contributed by atoms with E-state index in [2.05, 4.69) is 0 Å². The number of phenolic OH excluding ortho intramolecular Hbond substituents is 1. The van der Waals surface area contributed by atoms with Crippen molar-refractivity contribution in [2.75, 3.05) is 7.11 Å². The lowest BCUT2D eigenvalue weighted by molar-refractivity contribution is 0.100. The summed E-state index contributed by atoms with van der Waals surface area (Å²) in [4.78, 5) is 21.8. The molecule has 0 aliphatic heterocycles. The van der Waals surface area contributed by atoms with Crippen molar-refractivity contribution >= 4 is 18.7 Å². The van der Waals surface area contributed by atoms with Gasteiger partial charge in [0.25, 0.3) is 0 Å². The van der Waals surface area contributed by atoms with Gasteiger partial charge in [-0.2, -0.15) is 0 Å². The van der Waals surface area contributed by atoms with Crippen LogP contribution in [0, 0.1) is 13.8 Å². The maximum atomic E-state index is 11.0. The van der Waals surface area contributed by atoms with Crippen molar-refractivity contribution < 1.29 is 29.5 Å². The molecule has 2 rings (SSSR count). The van der Waals surface area contributed by atoms with Gasteiger partial charge >= 0.3 is 7.12 Å². The van der Waals surface area contributed by atoms with E-state index in [1.807, 2.05) is 26.0 Å². The average molecular weight is 422 g/mol. The van der Waals surface area contributed by atoms with E-state index in [0.29, 0.717) is 11.1 Å². The molecular weight excluding hydrogens is 383 g/mol. The number of aromatic hydroxyl groups is 1. The Morgan fingerprint density at radius 2 is 1.17 bits per heavy atom. The molecule has 0 bridgehead atoms. The number of carbonyl (C=O) groups excluding carboxylic acids is 2. The van der Waals surface area contributed by atoms with Gasteiger partial charge in [-0.25, -0.2) is 0 Å². The van der Waals surface area contributed by atoms with Crippen LogP contribution in [0.25, 0.3) is 0 Å². The van der Waals surface area contributed by atoms with Crippen LogP contribution in [0.1, 0.15) is 68.0 Å². The third kappa shape index (κ3) is 15.3. The maximum Gasteiger partial charge on any atom is 0.448 e. The molecule has 0 aromatic heterocycles. The summed E-state index contributed by atoms with van der Waals surface area (Å²) in [7, 11) is 0.429. The fourth-order valence-corrected chi connectivity index (χ4v) is 2.04. The second kappa shape index (κ2) is 17.2. The molecule has 0 aliphatic carbocycles. The minimum Gasteiger partial charge on any atom is -0.508 e. The first-order chi connectivity index (χ1) is 12.5. The molecule has 7 heteroatoms. The van der Waals surface area contributed by atoms with E-state index in [0.717, 1.165) is 16.9 Å². The molecule has 0 heterocycles. The molecule has 0 spiro atoms. The molecule has 2 aromatic carbocycles. The topological polar surface area (TPSA) is 104 Å². The molecule has 30 heavy (non-hydrogen) atoms. The van der Waals surface area contributed by atoms with Crippen LogP contribution >= 0.6 is 0 Å². The highest BCUT2D eigenvalue weighted by Crippen LogP contribution is 2.16. The quantitative estimate of drug-likeness (QED) is 0.469. The minimum absolute atomic E-state index is 0. The molecule has 170 valence electrons. The zero-order valence-corrected chi connectivity index (χ0v) is 16.6. The number of carbonyl (C=O) groups is 2. The summed E-state index contributed by atoms with van der Waals surface area (Å²) >= 11 is 0. The molecule has 0 amide bonds. The van der Waals surface area contributed by atoms with Gasteiger partial charge in [-0.1, -0.05) is 22.3 Å². The van der Waals surface area contributed by atoms with Crippen molar-refractivity contribution in [1.82, 2.24) is 0 Å². The summed E-state index contributed by atoms with van der Waals surface area (Å²) < 4.78 is 5.03. The number of rotatable bonds is 3. The van der Waals surface area contributed by atoms with Crippen LogP contribution in [0.3, 0.4) is 0 Å². The Hall–Kier alpha value is -2.64. The van der Waals surface area contributed by atoms with Gasteiger partial charge in [0, 0.05) is 11.1 Å². The first kappa shape index (κ1) is 34.8. The third-order valence-corrected chi connectivity index (χ3v) is 3.16. The van der Waals surface area contributed by atoms with Gasteiger partial charge in [-0.15, -0.1) is 0 Å². The second-order valence-electron chi connectivity index (χ2n) is 6.04. The van der Waals surface area contributed by atoms with Gasteiger partial charge < -0.3 is 19.9 Å². The molecule has 3 N–H and O–H groups in total. The summed E-state index contributed by atoms with van der Waals surface area (Å²) in [6, 6.07) is 10.3. The van der Waals surface area contributed by atoms with E-state index >= 15 is 0 Å². The number of Topliss-reactive ketones (excluding diaryl/α,β-unsaturated/α-hetero) is 2. The fraction of sp³-hybridized carbons (Fsp3) is 0.391. The van der Waals surface area contributed by atoms with Crippen molar-refractivity contribution in [2.45, 2.75) is 56.8 Å². The monoisotopic (exact) mass is 422 g/mol. The Morgan fingerprint density at radius 1 is 0.800 bits per heavy atom. The first-order valence-corrected chi connectivity index (χ1v) is 8.30. The van der Waals surface area contributed by atoms with Crippen molar-refractivity contribution in [3.05, 3.63) is 58.7 Å². The second-order valence-corrected chi connectivity index (χ2v) is 6.04. The molecule has 0 aliphatic rings. The van der Waals surface area contributed by atoms with Crippen molar-refractivity contribution in [1.29, 1.82) is 0 Å². The number of hydrogen-bond donors (Lipinski definition) is 3. The molecule has 0 unspecified atom stereocenters. The van der Waals surface area contributed by atoms with E-state index in [4.69, 9.17) is 19.9 Å². The number of benzene rings is 2. The molecule has 0 saturated heterocycles. The van der Waals surface area contributed by atoms with E-state index in [9.17, 15) is 9.59 Å². The molecular formula is C23H39BO6. The van der Waals surface area contributed by atoms with Gasteiger partial charge in [-0.05, 0) is 82.0 Å². The highest BCUT2D eigenvalue weighted by Gasteiger charge is 2.02. The molecule has 0 saturated carbocycles. The van der Waals surface area contributed by atoms with Crippen LogP contribution in [-0.4, -0.2) is 40.9 Å². The smallest absolute Gasteiger partial charge is 0.448 e. The molecule has 6 nitrogen and oxygen atoms in total. The van der Waals surface area contributed by atoms with Crippen molar-refractivity contribution in [3.63, 3.8) is 0 Å². The molecule has 2 aromatic rings. The normalized spacial score (nSPS) is 8.27. The SMILES string of the molecule is C.C.C.CB(O)O.CC(=O)c1cc(C)cc(O)c1.COc1cc(C)cc(C(C)=O)c1. The number of ketones is 2. The summed E-state index contributed by atoms with van der Waals surface area (Å²) in [5.74, 6) is 0.927. The van der Waals surface area contributed by atoms with Gasteiger partial charge in [-0.3, -0.25) is 9.59 Å². The van der Waals surface area contributed by atoms with Crippen LogP contribution in [0.15, 0.2) is 36.4 Å². The Labute approximate surface area is 182 Å². The highest BCUT2D eigenvalue weighted by atomic mass is 16.5. The Balaban J connectivity index is -0.000000177. The van der Waals surface area contributed by atoms with Crippen LogP contribution in [0.2, 0.25) is 6.82 Å². The predicted octanol–water partition coefficient (Wildman–Crippen LogP) is 5.11. The van der Waals surface area contributed by atoms with Gasteiger partial charge in [0.15, 0.2) is 11.6 Å². The van der Waals surface area contributed by atoms with E-state index in [1.165, 1.54) is 19.8 Å². The minimum atomic E-state index is -1.17. The standard InChI is InChI=1S/C10H12O2.C9H10O2.CH5BO2.3CH4/c1-7-4-9(8(2)11)6-10(5-7)12-3;1-6-3-8(7(2)10)5-9(11)4-6;1-2(3)4;;;/h4-6H,1-3H3;3-5,11H,1-2H3;3-4H,1H3;3*1H4. The first-order valence-electron chi connectivity index (χ1n) is 8.30.